The van der Waals surface area contributed by atoms with Gasteiger partial charge in [0.2, 0.25) is 5.91 Å². The number of carbonyl (C=O) groups is 1. The molecule has 4 rings (SSSR count). The molecule has 0 bridgehead atoms. The molecule has 7 nitrogen and oxygen atoms in total. The number of hydrogen-bond acceptors (Lipinski definition) is 6. The zero-order chi connectivity index (χ0) is 22.5. The minimum Gasteiger partial charge on any atom is -0.494 e. The van der Waals surface area contributed by atoms with E-state index in [-0.39, 0.29) is 18.0 Å². The van der Waals surface area contributed by atoms with Gasteiger partial charge < -0.3 is 14.8 Å². The molecule has 32 heavy (non-hydrogen) atoms. The van der Waals surface area contributed by atoms with Crippen LogP contribution >= 0.6 is 11.3 Å². The largest absolute Gasteiger partial charge is 0.494 e. The third-order valence-electron chi connectivity index (χ3n) is 4.80. The molecule has 0 unspecified atom stereocenters. The summed E-state index contributed by atoms with van der Waals surface area (Å²) in [6.45, 7) is 4.88. The fourth-order valence-corrected chi connectivity index (χ4v) is 4.25. The highest BCUT2D eigenvalue weighted by Crippen LogP contribution is 2.31. The summed E-state index contributed by atoms with van der Waals surface area (Å²) in [5.74, 6) is 1.20. The van der Waals surface area contributed by atoms with Gasteiger partial charge in [0.15, 0.2) is 0 Å². The van der Waals surface area contributed by atoms with Crippen molar-refractivity contribution >= 4 is 33.1 Å². The van der Waals surface area contributed by atoms with Crippen molar-refractivity contribution in [2.45, 2.75) is 20.4 Å². The molecule has 0 aliphatic heterocycles. The van der Waals surface area contributed by atoms with Crippen LogP contribution in [0, 0.1) is 0 Å². The lowest BCUT2D eigenvalue weighted by Crippen LogP contribution is -2.27. The first-order valence-electron chi connectivity index (χ1n) is 10.3. The van der Waals surface area contributed by atoms with Crippen molar-refractivity contribution in [1.82, 2.24) is 9.55 Å². The Bertz CT molecular complexity index is 1280. The van der Waals surface area contributed by atoms with Crippen LogP contribution in [0.15, 0.2) is 65.0 Å². The quantitative estimate of drug-likeness (QED) is 0.426. The van der Waals surface area contributed by atoms with Gasteiger partial charge in [-0.25, -0.2) is 4.98 Å². The summed E-state index contributed by atoms with van der Waals surface area (Å²) in [5.41, 5.74) is 2.08. The monoisotopic (exact) mass is 449 g/mol. The number of rotatable bonds is 8. The summed E-state index contributed by atoms with van der Waals surface area (Å²) < 4.78 is 12.2. The van der Waals surface area contributed by atoms with Gasteiger partial charge in [-0.15, -0.1) is 11.3 Å². The van der Waals surface area contributed by atoms with Gasteiger partial charge in [0.05, 0.1) is 24.9 Å². The molecule has 0 atom stereocenters. The Morgan fingerprint density at radius 2 is 1.62 bits per heavy atom. The van der Waals surface area contributed by atoms with Gasteiger partial charge in [-0.05, 0) is 55.8 Å². The van der Waals surface area contributed by atoms with E-state index in [0.717, 1.165) is 22.6 Å². The van der Waals surface area contributed by atoms with E-state index in [1.807, 2.05) is 43.5 Å². The third kappa shape index (κ3) is 4.65. The number of aromatic nitrogens is 2. The Morgan fingerprint density at radius 1 is 1.00 bits per heavy atom. The Labute approximate surface area is 189 Å². The molecule has 0 aliphatic rings. The normalized spacial score (nSPS) is 10.8. The number of nitrogens with one attached hydrogen (secondary N) is 1. The van der Waals surface area contributed by atoms with Crippen LogP contribution in [0.1, 0.15) is 13.8 Å². The highest BCUT2D eigenvalue weighted by atomic mass is 32.1. The van der Waals surface area contributed by atoms with E-state index >= 15 is 0 Å². The van der Waals surface area contributed by atoms with Crippen LogP contribution in [-0.2, 0) is 11.3 Å². The standard InChI is InChI=1S/C24H23N3O4S/c1-3-30-18-9-5-16(6-10-18)20-14-32-23-22(20)24(29)27(15-25-23)13-21(28)26-17-7-11-19(12-8-17)31-4-2/h5-12,14-15H,3-4,13H2,1-2H3,(H,26,28). The molecular formula is C24H23N3O4S. The molecule has 0 radical (unpaired) electrons. The summed E-state index contributed by atoms with van der Waals surface area (Å²) >= 11 is 1.40. The molecule has 0 spiro atoms. The van der Waals surface area contributed by atoms with Crippen LogP contribution < -0.4 is 20.3 Å². The molecule has 4 aromatic rings. The lowest BCUT2D eigenvalue weighted by molar-refractivity contribution is -0.116. The zero-order valence-electron chi connectivity index (χ0n) is 17.8. The predicted octanol–water partition coefficient (Wildman–Crippen LogP) is 4.56. The molecule has 2 aromatic carbocycles. The maximum Gasteiger partial charge on any atom is 0.263 e. The second kappa shape index (κ2) is 9.65. The second-order valence-electron chi connectivity index (χ2n) is 6.97. The van der Waals surface area contributed by atoms with Gasteiger partial charge in [-0.3, -0.25) is 14.2 Å². The molecule has 164 valence electrons. The molecule has 0 aliphatic carbocycles. The van der Waals surface area contributed by atoms with Crippen LogP contribution in [0.5, 0.6) is 11.5 Å². The van der Waals surface area contributed by atoms with E-state index in [4.69, 9.17) is 9.47 Å². The second-order valence-corrected chi connectivity index (χ2v) is 7.83. The fourth-order valence-electron chi connectivity index (χ4n) is 3.35. The van der Waals surface area contributed by atoms with E-state index in [0.29, 0.717) is 29.1 Å². The molecule has 2 heterocycles. The maximum absolute atomic E-state index is 13.2. The number of amides is 1. The van der Waals surface area contributed by atoms with Crippen molar-refractivity contribution in [2.75, 3.05) is 18.5 Å². The van der Waals surface area contributed by atoms with E-state index < -0.39 is 0 Å². The first kappa shape index (κ1) is 21.6. The summed E-state index contributed by atoms with van der Waals surface area (Å²) in [6, 6.07) is 14.7. The van der Waals surface area contributed by atoms with Crippen molar-refractivity contribution in [2.24, 2.45) is 0 Å². The number of carbonyl (C=O) groups excluding carboxylic acids is 1. The van der Waals surface area contributed by atoms with Gasteiger partial charge in [0.1, 0.15) is 22.9 Å². The molecule has 2 aromatic heterocycles. The molecule has 0 saturated carbocycles. The topological polar surface area (TPSA) is 82.4 Å². The smallest absolute Gasteiger partial charge is 0.263 e. The number of ether oxygens (including phenoxy) is 2. The Morgan fingerprint density at radius 3 is 2.25 bits per heavy atom. The van der Waals surface area contributed by atoms with Crippen molar-refractivity contribution in [3.05, 3.63) is 70.6 Å². The van der Waals surface area contributed by atoms with Crippen LogP contribution in [0.25, 0.3) is 21.3 Å². The number of fused-ring (bicyclic) bond motifs is 1. The van der Waals surface area contributed by atoms with Crippen LogP contribution in [-0.4, -0.2) is 28.7 Å². The molecular weight excluding hydrogens is 426 g/mol. The molecule has 1 amide bonds. The van der Waals surface area contributed by atoms with Crippen LogP contribution in [0.2, 0.25) is 0 Å². The maximum atomic E-state index is 13.2. The average molecular weight is 450 g/mol. The zero-order valence-corrected chi connectivity index (χ0v) is 18.6. The molecule has 0 fully saturated rings. The van der Waals surface area contributed by atoms with E-state index in [1.165, 1.54) is 22.2 Å². The van der Waals surface area contributed by atoms with Gasteiger partial charge in [-0.1, -0.05) is 12.1 Å². The average Bonchev–Trinajstić information content (AvgIpc) is 3.23. The van der Waals surface area contributed by atoms with E-state index in [2.05, 4.69) is 10.3 Å². The summed E-state index contributed by atoms with van der Waals surface area (Å²) in [5, 5.41) is 5.23. The Balaban J connectivity index is 1.56. The van der Waals surface area contributed by atoms with Crippen LogP contribution in [0.3, 0.4) is 0 Å². The van der Waals surface area contributed by atoms with Gasteiger partial charge >= 0.3 is 0 Å². The van der Waals surface area contributed by atoms with Crippen molar-refractivity contribution < 1.29 is 14.3 Å². The lowest BCUT2D eigenvalue weighted by atomic mass is 10.1. The minimum atomic E-state index is -0.310. The third-order valence-corrected chi connectivity index (χ3v) is 5.69. The van der Waals surface area contributed by atoms with Crippen molar-refractivity contribution in [1.29, 1.82) is 0 Å². The molecule has 1 N–H and O–H groups in total. The number of thiophene rings is 1. The number of anilines is 1. The van der Waals surface area contributed by atoms with Gasteiger partial charge in [0, 0.05) is 16.6 Å². The fraction of sp³-hybridized carbons (Fsp3) is 0.208. The van der Waals surface area contributed by atoms with E-state index in [1.54, 1.807) is 24.3 Å². The number of benzene rings is 2. The minimum absolute atomic E-state index is 0.131. The summed E-state index contributed by atoms with van der Waals surface area (Å²) in [4.78, 5) is 30.7. The van der Waals surface area contributed by atoms with E-state index in [9.17, 15) is 9.59 Å². The molecule has 0 saturated heterocycles. The molecule has 8 heteroatoms. The SMILES string of the molecule is CCOc1ccc(NC(=O)Cn2cnc3scc(-c4ccc(OCC)cc4)c3c2=O)cc1. The Hall–Kier alpha value is -3.65. The van der Waals surface area contributed by atoms with Gasteiger partial charge in [0.25, 0.3) is 5.56 Å². The summed E-state index contributed by atoms with van der Waals surface area (Å²) in [7, 11) is 0. The number of hydrogen-bond donors (Lipinski definition) is 1. The first-order chi connectivity index (χ1) is 15.6. The lowest BCUT2D eigenvalue weighted by Gasteiger charge is -2.09. The first-order valence-corrected chi connectivity index (χ1v) is 11.2. The Kier molecular flexibility index (Phi) is 6.51. The van der Waals surface area contributed by atoms with Crippen molar-refractivity contribution in [3.8, 4) is 22.6 Å². The highest BCUT2D eigenvalue weighted by Gasteiger charge is 2.15. The van der Waals surface area contributed by atoms with Gasteiger partial charge in [-0.2, -0.15) is 0 Å². The highest BCUT2D eigenvalue weighted by molar-refractivity contribution is 7.17. The predicted molar refractivity (Wildman–Crippen MR) is 127 cm³/mol. The number of nitrogens with zero attached hydrogens (tertiary/aromatic N) is 2. The van der Waals surface area contributed by atoms with Crippen LogP contribution in [0.4, 0.5) is 5.69 Å². The summed E-state index contributed by atoms with van der Waals surface area (Å²) in [6.07, 6.45) is 1.42. The van der Waals surface area contributed by atoms with Crippen molar-refractivity contribution in [3.63, 3.8) is 0 Å².